The van der Waals surface area contributed by atoms with Gasteiger partial charge in [0, 0.05) is 24.9 Å². The van der Waals surface area contributed by atoms with Gasteiger partial charge < -0.3 is 11.1 Å². The fourth-order valence-corrected chi connectivity index (χ4v) is 3.46. The summed E-state index contributed by atoms with van der Waals surface area (Å²) in [5.74, 6) is 0. The van der Waals surface area contributed by atoms with E-state index in [2.05, 4.69) is 15.7 Å². The minimum atomic E-state index is 0.360. The van der Waals surface area contributed by atoms with Crippen LogP contribution >= 0.6 is 11.3 Å². The number of nitrogens with zero attached hydrogens (tertiary/aromatic N) is 1. The van der Waals surface area contributed by atoms with Crippen LogP contribution < -0.4 is 11.1 Å². The Balaban J connectivity index is 1.72. The summed E-state index contributed by atoms with van der Waals surface area (Å²) < 4.78 is 0. The van der Waals surface area contributed by atoms with E-state index in [0.717, 1.165) is 26.1 Å². The number of thiazole rings is 1. The van der Waals surface area contributed by atoms with Gasteiger partial charge >= 0.3 is 0 Å². The van der Waals surface area contributed by atoms with Gasteiger partial charge in [0.05, 0.1) is 11.2 Å². The van der Waals surface area contributed by atoms with Crippen LogP contribution in [0.3, 0.4) is 0 Å². The summed E-state index contributed by atoms with van der Waals surface area (Å²) in [5.41, 5.74) is 9.50. The first kappa shape index (κ1) is 14.0. The molecule has 1 aliphatic carbocycles. The molecule has 0 spiro atoms. The van der Waals surface area contributed by atoms with E-state index in [0.29, 0.717) is 5.41 Å². The minimum absolute atomic E-state index is 0.360. The molecule has 1 aromatic rings. The predicted octanol–water partition coefficient (Wildman–Crippen LogP) is 2.57. The van der Waals surface area contributed by atoms with Crippen molar-refractivity contribution in [2.75, 3.05) is 19.6 Å². The number of nitrogens with one attached hydrogen (secondary N) is 1. The van der Waals surface area contributed by atoms with Gasteiger partial charge in [-0.25, -0.2) is 4.98 Å². The molecule has 0 radical (unpaired) electrons. The van der Waals surface area contributed by atoms with Gasteiger partial charge in [0.25, 0.3) is 0 Å². The molecule has 4 heteroatoms. The van der Waals surface area contributed by atoms with Crippen LogP contribution in [-0.4, -0.2) is 24.6 Å². The summed E-state index contributed by atoms with van der Waals surface area (Å²) in [6.07, 6.45) is 9.11. The second-order valence-corrected chi connectivity index (χ2v) is 6.24. The average molecular weight is 267 g/mol. The largest absolute Gasteiger partial charge is 0.330 e. The SMILES string of the molecule is NCC1(CNCCc2cscn2)CCCCCC1. The molecular weight excluding hydrogens is 242 g/mol. The van der Waals surface area contributed by atoms with Gasteiger partial charge in [-0.3, -0.25) is 0 Å². The Kier molecular flexibility index (Phi) is 5.60. The summed E-state index contributed by atoms with van der Waals surface area (Å²) >= 11 is 1.67. The van der Waals surface area contributed by atoms with E-state index in [1.165, 1.54) is 44.2 Å². The van der Waals surface area contributed by atoms with Gasteiger partial charge in [-0.15, -0.1) is 11.3 Å². The second kappa shape index (κ2) is 7.22. The summed E-state index contributed by atoms with van der Waals surface area (Å²) in [6.45, 7) is 2.93. The highest BCUT2D eigenvalue weighted by Gasteiger charge is 2.28. The van der Waals surface area contributed by atoms with Crippen LogP contribution in [0.2, 0.25) is 0 Å². The van der Waals surface area contributed by atoms with E-state index in [9.17, 15) is 0 Å². The smallest absolute Gasteiger partial charge is 0.0794 e. The van der Waals surface area contributed by atoms with E-state index in [1.54, 1.807) is 11.3 Å². The standard InChI is InChI=1S/C14H25N3S/c15-10-14(6-3-1-2-4-7-14)11-16-8-5-13-9-18-12-17-13/h9,12,16H,1-8,10-11,15H2. The van der Waals surface area contributed by atoms with E-state index < -0.39 is 0 Å². The molecule has 3 N–H and O–H groups in total. The topological polar surface area (TPSA) is 50.9 Å². The van der Waals surface area contributed by atoms with Crippen LogP contribution in [0.15, 0.2) is 10.9 Å². The first-order valence-corrected chi connectivity index (χ1v) is 8.07. The van der Waals surface area contributed by atoms with E-state index in [4.69, 9.17) is 5.73 Å². The Hall–Kier alpha value is -0.450. The Morgan fingerprint density at radius 3 is 2.67 bits per heavy atom. The highest BCUT2D eigenvalue weighted by molar-refractivity contribution is 7.07. The fraction of sp³-hybridized carbons (Fsp3) is 0.786. The number of aromatic nitrogens is 1. The molecule has 0 bridgehead atoms. The summed E-state index contributed by atoms with van der Waals surface area (Å²) in [5, 5.41) is 5.73. The monoisotopic (exact) mass is 267 g/mol. The van der Waals surface area contributed by atoms with Crippen LogP contribution in [0.1, 0.15) is 44.2 Å². The molecule has 1 aromatic heterocycles. The van der Waals surface area contributed by atoms with Crippen molar-refractivity contribution < 1.29 is 0 Å². The lowest BCUT2D eigenvalue weighted by Crippen LogP contribution is -2.40. The third kappa shape index (κ3) is 4.04. The van der Waals surface area contributed by atoms with Gasteiger partial charge in [-0.2, -0.15) is 0 Å². The van der Waals surface area contributed by atoms with E-state index >= 15 is 0 Å². The molecule has 1 aliphatic rings. The zero-order chi connectivity index (χ0) is 12.7. The molecule has 0 aromatic carbocycles. The van der Waals surface area contributed by atoms with Crippen molar-refractivity contribution in [1.29, 1.82) is 0 Å². The summed E-state index contributed by atoms with van der Waals surface area (Å²) in [7, 11) is 0. The maximum Gasteiger partial charge on any atom is 0.0794 e. The van der Waals surface area contributed by atoms with Crippen LogP contribution in [0.5, 0.6) is 0 Å². The molecule has 2 rings (SSSR count). The van der Waals surface area contributed by atoms with Crippen molar-refractivity contribution in [3.05, 3.63) is 16.6 Å². The van der Waals surface area contributed by atoms with Crippen molar-refractivity contribution in [3.63, 3.8) is 0 Å². The summed E-state index contributed by atoms with van der Waals surface area (Å²) in [4.78, 5) is 4.31. The second-order valence-electron chi connectivity index (χ2n) is 5.52. The average Bonchev–Trinajstić information content (AvgIpc) is 2.80. The third-order valence-electron chi connectivity index (χ3n) is 4.14. The highest BCUT2D eigenvalue weighted by Crippen LogP contribution is 2.33. The van der Waals surface area contributed by atoms with Gasteiger partial charge in [0.15, 0.2) is 0 Å². The van der Waals surface area contributed by atoms with Gasteiger partial charge in [0.1, 0.15) is 0 Å². The maximum atomic E-state index is 6.03. The van der Waals surface area contributed by atoms with Crippen molar-refractivity contribution in [2.45, 2.75) is 44.9 Å². The minimum Gasteiger partial charge on any atom is -0.330 e. The lowest BCUT2D eigenvalue weighted by atomic mass is 9.80. The molecule has 18 heavy (non-hydrogen) atoms. The molecule has 1 heterocycles. The van der Waals surface area contributed by atoms with Crippen molar-refractivity contribution >= 4 is 11.3 Å². The van der Waals surface area contributed by atoms with E-state index in [-0.39, 0.29) is 0 Å². The molecule has 0 unspecified atom stereocenters. The first-order chi connectivity index (χ1) is 8.85. The summed E-state index contributed by atoms with van der Waals surface area (Å²) in [6, 6.07) is 0. The Morgan fingerprint density at radius 2 is 2.06 bits per heavy atom. The third-order valence-corrected chi connectivity index (χ3v) is 4.77. The molecule has 1 fully saturated rings. The van der Waals surface area contributed by atoms with Gasteiger partial charge in [-0.05, 0) is 24.8 Å². The van der Waals surface area contributed by atoms with Crippen LogP contribution in [0.4, 0.5) is 0 Å². The Bertz CT molecular complexity index is 316. The number of rotatable bonds is 6. The molecule has 0 aliphatic heterocycles. The van der Waals surface area contributed by atoms with Crippen molar-refractivity contribution in [3.8, 4) is 0 Å². The Morgan fingerprint density at radius 1 is 1.28 bits per heavy atom. The van der Waals surface area contributed by atoms with Crippen molar-refractivity contribution in [2.24, 2.45) is 11.1 Å². The lowest BCUT2D eigenvalue weighted by molar-refractivity contribution is 0.243. The van der Waals surface area contributed by atoms with E-state index in [1.807, 2.05) is 5.51 Å². The maximum absolute atomic E-state index is 6.03. The van der Waals surface area contributed by atoms with Gasteiger partial charge in [-0.1, -0.05) is 25.7 Å². The van der Waals surface area contributed by atoms with Crippen LogP contribution in [0, 0.1) is 5.41 Å². The lowest BCUT2D eigenvalue weighted by Gasteiger charge is -2.31. The quantitative estimate of drug-likeness (QED) is 0.615. The fourth-order valence-electron chi connectivity index (χ4n) is 2.86. The molecule has 3 nitrogen and oxygen atoms in total. The van der Waals surface area contributed by atoms with Crippen LogP contribution in [-0.2, 0) is 6.42 Å². The first-order valence-electron chi connectivity index (χ1n) is 7.13. The zero-order valence-corrected chi connectivity index (χ0v) is 12.0. The number of nitrogens with two attached hydrogens (primary N) is 1. The van der Waals surface area contributed by atoms with Gasteiger partial charge in [0.2, 0.25) is 0 Å². The number of hydrogen-bond donors (Lipinski definition) is 2. The molecular formula is C14H25N3S. The number of hydrogen-bond acceptors (Lipinski definition) is 4. The zero-order valence-electron chi connectivity index (χ0n) is 11.2. The molecule has 0 amide bonds. The molecule has 1 saturated carbocycles. The normalized spacial score (nSPS) is 19.6. The van der Waals surface area contributed by atoms with Crippen molar-refractivity contribution in [1.82, 2.24) is 10.3 Å². The molecule has 102 valence electrons. The molecule has 0 saturated heterocycles. The highest BCUT2D eigenvalue weighted by atomic mass is 32.1. The molecule has 0 atom stereocenters. The predicted molar refractivity (Wildman–Crippen MR) is 77.9 cm³/mol. The van der Waals surface area contributed by atoms with Crippen LogP contribution in [0.25, 0.3) is 0 Å². The Labute approximate surface area is 114 Å².